The van der Waals surface area contributed by atoms with E-state index in [1.54, 1.807) is 28.5 Å². The maximum absolute atomic E-state index is 13.3. The Morgan fingerprint density at radius 2 is 2.04 bits per heavy atom. The van der Waals surface area contributed by atoms with Gasteiger partial charge >= 0.3 is 0 Å². The number of rotatable bonds is 4. The van der Waals surface area contributed by atoms with Crippen molar-refractivity contribution in [2.45, 2.75) is 30.7 Å². The van der Waals surface area contributed by atoms with Crippen LogP contribution in [-0.2, 0) is 0 Å². The molecular weight excluding hydrogens is 366 g/mol. The summed E-state index contributed by atoms with van der Waals surface area (Å²) < 4.78 is 1.65. The highest BCUT2D eigenvalue weighted by Crippen LogP contribution is 2.29. The predicted molar refractivity (Wildman–Crippen MR) is 110 cm³/mol. The van der Waals surface area contributed by atoms with E-state index in [9.17, 15) is 4.79 Å². The van der Waals surface area contributed by atoms with Gasteiger partial charge in [-0.25, -0.2) is 4.98 Å². The smallest absolute Gasteiger partial charge is 0.283 e. The van der Waals surface area contributed by atoms with Gasteiger partial charge < -0.3 is 4.98 Å². The summed E-state index contributed by atoms with van der Waals surface area (Å²) in [6, 6.07) is 15.2. The number of hydrogen-bond donors (Lipinski definition) is 1. The van der Waals surface area contributed by atoms with Crippen molar-refractivity contribution in [1.82, 2.24) is 14.5 Å². The minimum atomic E-state index is -0.112. The standard InChI is InChI=1S/C20H18ClN3OS/c1-3-12(2)26-20-23-17-15-9-4-5-10-16(15)22-18(17)19(25)24(20)14-8-6-7-13(21)11-14/h4-12,22H,3H2,1-2H3. The largest absolute Gasteiger partial charge is 0.349 e. The van der Waals surface area contributed by atoms with Crippen LogP contribution >= 0.6 is 23.4 Å². The second kappa shape index (κ2) is 6.82. The number of para-hydroxylation sites is 1. The van der Waals surface area contributed by atoms with Gasteiger partial charge in [0.25, 0.3) is 5.56 Å². The van der Waals surface area contributed by atoms with Gasteiger partial charge in [-0.15, -0.1) is 0 Å². The van der Waals surface area contributed by atoms with Gasteiger partial charge in [0.05, 0.1) is 5.69 Å². The number of thioether (sulfide) groups is 1. The van der Waals surface area contributed by atoms with Crippen molar-refractivity contribution in [2.75, 3.05) is 0 Å². The molecule has 1 N–H and O–H groups in total. The normalized spacial score (nSPS) is 12.7. The molecule has 0 fully saturated rings. The molecule has 0 spiro atoms. The monoisotopic (exact) mass is 383 g/mol. The van der Waals surface area contributed by atoms with Gasteiger partial charge in [0.1, 0.15) is 11.0 Å². The maximum atomic E-state index is 13.3. The summed E-state index contributed by atoms with van der Waals surface area (Å²) in [6.07, 6.45) is 0.988. The maximum Gasteiger partial charge on any atom is 0.283 e. The molecule has 6 heteroatoms. The summed E-state index contributed by atoms with van der Waals surface area (Å²) in [5.74, 6) is 0. The third-order valence-corrected chi connectivity index (χ3v) is 5.90. The Bertz CT molecular complexity index is 1160. The Hall–Kier alpha value is -2.24. The van der Waals surface area contributed by atoms with Gasteiger partial charge in [-0.1, -0.05) is 61.5 Å². The van der Waals surface area contributed by atoms with E-state index in [2.05, 4.69) is 18.8 Å². The molecule has 1 atom stereocenters. The molecule has 0 aliphatic rings. The highest BCUT2D eigenvalue weighted by atomic mass is 35.5. The summed E-state index contributed by atoms with van der Waals surface area (Å²) in [5.41, 5.74) is 2.76. The fourth-order valence-corrected chi connectivity index (χ4v) is 4.08. The van der Waals surface area contributed by atoms with Crippen LogP contribution in [0.4, 0.5) is 0 Å². The molecule has 0 aliphatic carbocycles. The molecule has 2 heterocycles. The highest BCUT2D eigenvalue weighted by molar-refractivity contribution is 7.99. The molecule has 0 amide bonds. The lowest BCUT2D eigenvalue weighted by molar-refractivity contribution is 0.806. The van der Waals surface area contributed by atoms with Crippen LogP contribution in [-0.4, -0.2) is 19.8 Å². The van der Waals surface area contributed by atoms with E-state index < -0.39 is 0 Å². The molecular formula is C20H18ClN3OS. The van der Waals surface area contributed by atoms with Crippen LogP contribution in [0.2, 0.25) is 5.02 Å². The highest BCUT2D eigenvalue weighted by Gasteiger charge is 2.18. The first kappa shape index (κ1) is 17.2. The fourth-order valence-electron chi connectivity index (χ4n) is 2.93. The van der Waals surface area contributed by atoms with Crippen LogP contribution < -0.4 is 5.56 Å². The molecule has 0 radical (unpaired) electrons. The van der Waals surface area contributed by atoms with E-state index in [1.807, 2.05) is 36.4 Å². The van der Waals surface area contributed by atoms with Gasteiger partial charge in [0, 0.05) is 21.2 Å². The predicted octanol–water partition coefficient (Wildman–Crippen LogP) is 5.41. The first-order valence-corrected chi connectivity index (χ1v) is 9.80. The molecule has 1 unspecified atom stereocenters. The van der Waals surface area contributed by atoms with Crippen molar-refractivity contribution in [3.8, 4) is 5.69 Å². The van der Waals surface area contributed by atoms with Gasteiger partial charge in [0.15, 0.2) is 5.16 Å². The van der Waals surface area contributed by atoms with Gasteiger partial charge in [-0.3, -0.25) is 9.36 Å². The molecule has 0 aliphatic heterocycles. The molecule has 4 nitrogen and oxygen atoms in total. The molecule has 0 bridgehead atoms. The number of halogens is 1. The van der Waals surface area contributed by atoms with Crippen molar-refractivity contribution < 1.29 is 0 Å². The molecule has 132 valence electrons. The molecule has 2 aromatic heterocycles. The zero-order chi connectivity index (χ0) is 18.3. The van der Waals surface area contributed by atoms with Crippen molar-refractivity contribution >= 4 is 45.3 Å². The molecule has 0 saturated carbocycles. The minimum Gasteiger partial charge on any atom is -0.349 e. The lowest BCUT2D eigenvalue weighted by atomic mass is 10.2. The average molecular weight is 384 g/mol. The Kier molecular flexibility index (Phi) is 4.51. The topological polar surface area (TPSA) is 50.7 Å². The number of hydrogen-bond acceptors (Lipinski definition) is 3. The lowest BCUT2D eigenvalue weighted by Crippen LogP contribution is -2.22. The Morgan fingerprint density at radius 3 is 2.81 bits per heavy atom. The van der Waals surface area contributed by atoms with Crippen LogP contribution in [0.25, 0.3) is 27.6 Å². The second-order valence-electron chi connectivity index (χ2n) is 6.25. The van der Waals surface area contributed by atoms with Crippen LogP contribution in [0.3, 0.4) is 0 Å². The van der Waals surface area contributed by atoms with Crippen LogP contribution in [0, 0.1) is 0 Å². The van der Waals surface area contributed by atoms with Crippen LogP contribution in [0.1, 0.15) is 20.3 Å². The number of H-pyrrole nitrogens is 1. The Labute approximate surface area is 160 Å². The number of fused-ring (bicyclic) bond motifs is 3. The lowest BCUT2D eigenvalue weighted by Gasteiger charge is -2.15. The van der Waals surface area contributed by atoms with Crippen molar-refractivity contribution in [1.29, 1.82) is 0 Å². The fraction of sp³-hybridized carbons (Fsp3) is 0.200. The summed E-state index contributed by atoms with van der Waals surface area (Å²) >= 11 is 7.77. The van der Waals surface area contributed by atoms with E-state index in [4.69, 9.17) is 16.6 Å². The van der Waals surface area contributed by atoms with E-state index in [0.717, 1.165) is 28.5 Å². The third kappa shape index (κ3) is 2.91. The quantitative estimate of drug-likeness (QED) is 0.378. The number of aromatic amines is 1. The Morgan fingerprint density at radius 1 is 1.23 bits per heavy atom. The zero-order valence-electron chi connectivity index (χ0n) is 14.5. The summed E-state index contributed by atoms with van der Waals surface area (Å²) in [5, 5.41) is 2.58. The van der Waals surface area contributed by atoms with Crippen LogP contribution in [0.5, 0.6) is 0 Å². The van der Waals surface area contributed by atoms with E-state index in [0.29, 0.717) is 20.9 Å². The van der Waals surface area contributed by atoms with Gasteiger partial charge in [-0.2, -0.15) is 0 Å². The van der Waals surface area contributed by atoms with Crippen molar-refractivity contribution in [3.63, 3.8) is 0 Å². The summed E-state index contributed by atoms with van der Waals surface area (Å²) in [6.45, 7) is 4.27. The average Bonchev–Trinajstić information content (AvgIpc) is 3.01. The van der Waals surface area contributed by atoms with Crippen molar-refractivity contribution in [3.05, 3.63) is 63.9 Å². The van der Waals surface area contributed by atoms with E-state index in [-0.39, 0.29) is 5.56 Å². The number of benzene rings is 2. The SMILES string of the molecule is CCC(C)Sc1nc2c([nH]c3ccccc32)c(=O)n1-c1cccc(Cl)c1. The summed E-state index contributed by atoms with van der Waals surface area (Å²) in [7, 11) is 0. The zero-order valence-corrected chi connectivity index (χ0v) is 16.1. The third-order valence-electron chi connectivity index (χ3n) is 4.44. The number of aromatic nitrogens is 3. The second-order valence-corrected chi connectivity index (χ2v) is 8.09. The first-order chi connectivity index (χ1) is 12.6. The molecule has 4 aromatic rings. The first-order valence-electron chi connectivity index (χ1n) is 8.54. The molecule has 0 saturated heterocycles. The Balaban J connectivity index is 2.07. The van der Waals surface area contributed by atoms with E-state index >= 15 is 0 Å². The molecule has 4 rings (SSSR count). The van der Waals surface area contributed by atoms with Gasteiger partial charge in [0.2, 0.25) is 0 Å². The van der Waals surface area contributed by atoms with Crippen molar-refractivity contribution in [2.24, 2.45) is 0 Å². The minimum absolute atomic E-state index is 0.112. The van der Waals surface area contributed by atoms with Crippen LogP contribution in [0.15, 0.2) is 58.5 Å². The summed E-state index contributed by atoms with van der Waals surface area (Å²) in [4.78, 5) is 21.4. The molecule has 26 heavy (non-hydrogen) atoms. The van der Waals surface area contributed by atoms with Gasteiger partial charge in [-0.05, 0) is 30.7 Å². The molecule has 2 aromatic carbocycles. The number of nitrogens with zero attached hydrogens (tertiary/aromatic N) is 2. The van der Waals surface area contributed by atoms with E-state index in [1.165, 1.54) is 0 Å². The number of nitrogens with one attached hydrogen (secondary N) is 1.